The number of rotatable bonds is 5. The van der Waals surface area contributed by atoms with Crippen molar-refractivity contribution >= 4 is 11.3 Å². The number of hydrogen-bond donors (Lipinski definition) is 1. The Labute approximate surface area is 111 Å². The third-order valence-corrected chi connectivity index (χ3v) is 3.70. The topological polar surface area (TPSA) is 63.8 Å². The molecule has 1 N–H and O–H groups in total. The minimum Gasteiger partial charge on any atom is -0.339 e. The molecular weight excluding hydrogens is 248 g/mol. The lowest BCUT2D eigenvalue weighted by Crippen LogP contribution is -2.18. The summed E-state index contributed by atoms with van der Waals surface area (Å²) in [5.74, 6) is 1.65. The highest BCUT2D eigenvalue weighted by Crippen LogP contribution is 2.18. The molecule has 0 radical (unpaired) electrons. The fourth-order valence-corrected chi connectivity index (χ4v) is 2.30. The van der Waals surface area contributed by atoms with E-state index in [1.54, 1.807) is 11.3 Å². The van der Waals surface area contributed by atoms with E-state index in [2.05, 4.69) is 32.7 Å². The molecule has 2 aromatic heterocycles. The normalized spacial score (nSPS) is 13.2. The van der Waals surface area contributed by atoms with Crippen LogP contribution in [0.4, 0.5) is 0 Å². The summed E-state index contributed by atoms with van der Waals surface area (Å²) < 4.78 is 5.15. The maximum Gasteiger partial charge on any atom is 0.229 e. The second kappa shape index (κ2) is 5.58. The Morgan fingerprint density at radius 3 is 2.67 bits per heavy atom. The number of aryl methyl sites for hydroxylation is 1. The van der Waals surface area contributed by atoms with Crippen molar-refractivity contribution in [3.63, 3.8) is 0 Å². The molecule has 0 spiro atoms. The Kier molecular flexibility index (Phi) is 4.08. The summed E-state index contributed by atoms with van der Waals surface area (Å²) in [4.78, 5) is 8.77. The molecule has 5 nitrogen and oxygen atoms in total. The van der Waals surface area contributed by atoms with Crippen LogP contribution in [0.2, 0.25) is 0 Å². The van der Waals surface area contributed by atoms with Crippen molar-refractivity contribution in [2.75, 3.05) is 0 Å². The highest BCUT2D eigenvalue weighted by atomic mass is 32.1. The number of thiazole rings is 1. The zero-order valence-electron chi connectivity index (χ0n) is 11.1. The maximum atomic E-state index is 5.15. The minimum absolute atomic E-state index is 0.199. The first-order valence-electron chi connectivity index (χ1n) is 6.04. The smallest absolute Gasteiger partial charge is 0.229 e. The molecule has 0 saturated carbocycles. The predicted molar refractivity (Wildman–Crippen MR) is 70.5 cm³/mol. The molecule has 18 heavy (non-hydrogen) atoms. The Hall–Kier alpha value is -1.27. The van der Waals surface area contributed by atoms with E-state index in [9.17, 15) is 0 Å². The van der Waals surface area contributed by atoms with Crippen molar-refractivity contribution in [2.24, 2.45) is 0 Å². The van der Waals surface area contributed by atoms with Gasteiger partial charge < -0.3 is 9.84 Å². The molecule has 98 valence electrons. The van der Waals surface area contributed by atoms with Gasteiger partial charge in [-0.2, -0.15) is 4.98 Å². The minimum atomic E-state index is 0.199. The van der Waals surface area contributed by atoms with Crippen LogP contribution in [0.1, 0.15) is 55.1 Å². The fraction of sp³-hybridized carbons (Fsp3) is 0.583. The van der Waals surface area contributed by atoms with E-state index >= 15 is 0 Å². The van der Waals surface area contributed by atoms with Gasteiger partial charge in [-0.25, -0.2) is 4.98 Å². The van der Waals surface area contributed by atoms with Gasteiger partial charge in [-0.3, -0.25) is 0 Å². The van der Waals surface area contributed by atoms with Crippen LogP contribution >= 0.6 is 11.3 Å². The van der Waals surface area contributed by atoms with E-state index in [-0.39, 0.29) is 12.0 Å². The summed E-state index contributed by atoms with van der Waals surface area (Å²) in [5, 5.41) is 10.4. The molecule has 1 atom stereocenters. The molecule has 0 aromatic carbocycles. The van der Waals surface area contributed by atoms with Gasteiger partial charge in [0.25, 0.3) is 0 Å². The predicted octanol–water partition coefficient (Wildman–Crippen LogP) is 2.81. The van der Waals surface area contributed by atoms with Crippen LogP contribution in [0.5, 0.6) is 0 Å². The van der Waals surface area contributed by atoms with Crippen molar-refractivity contribution in [1.29, 1.82) is 0 Å². The van der Waals surface area contributed by atoms with Gasteiger partial charge in [-0.05, 0) is 13.8 Å². The van der Waals surface area contributed by atoms with E-state index in [0.29, 0.717) is 18.3 Å². The van der Waals surface area contributed by atoms with Gasteiger partial charge in [0, 0.05) is 17.0 Å². The summed E-state index contributed by atoms with van der Waals surface area (Å²) in [6.45, 7) is 8.75. The third-order valence-electron chi connectivity index (χ3n) is 2.55. The van der Waals surface area contributed by atoms with Gasteiger partial charge in [0.2, 0.25) is 5.89 Å². The molecule has 0 fully saturated rings. The fourth-order valence-electron chi connectivity index (χ4n) is 1.48. The van der Waals surface area contributed by atoms with Crippen LogP contribution < -0.4 is 5.32 Å². The van der Waals surface area contributed by atoms with Gasteiger partial charge in [0.1, 0.15) is 5.01 Å². The summed E-state index contributed by atoms with van der Waals surface area (Å²) in [7, 11) is 0. The quantitative estimate of drug-likeness (QED) is 0.901. The van der Waals surface area contributed by atoms with Gasteiger partial charge in [-0.1, -0.05) is 19.0 Å². The van der Waals surface area contributed by atoms with Crippen molar-refractivity contribution in [3.8, 4) is 0 Å². The Bertz CT molecular complexity index is 506. The molecule has 6 heteroatoms. The number of hydrogen-bond acceptors (Lipinski definition) is 6. The van der Waals surface area contributed by atoms with E-state index < -0.39 is 0 Å². The van der Waals surface area contributed by atoms with E-state index in [1.165, 1.54) is 0 Å². The summed E-state index contributed by atoms with van der Waals surface area (Å²) in [6, 6.07) is 0.199. The molecule has 0 aliphatic rings. The van der Waals surface area contributed by atoms with E-state index in [4.69, 9.17) is 4.52 Å². The van der Waals surface area contributed by atoms with Crippen molar-refractivity contribution in [1.82, 2.24) is 20.4 Å². The maximum absolute atomic E-state index is 5.15. The van der Waals surface area contributed by atoms with Gasteiger partial charge in [0.05, 0.1) is 12.6 Å². The average Bonchev–Trinajstić information content (AvgIpc) is 2.94. The number of aromatic nitrogens is 3. The lowest BCUT2D eigenvalue weighted by atomic mass is 10.2. The van der Waals surface area contributed by atoms with Crippen molar-refractivity contribution in [2.45, 2.75) is 46.2 Å². The first-order valence-corrected chi connectivity index (χ1v) is 6.92. The van der Waals surface area contributed by atoms with Gasteiger partial charge in [-0.15, -0.1) is 11.3 Å². The van der Waals surface area contributed by atoms with Gasteiger partial charge >= 0.3 is 0 Å². The second-order valence-electron chi connectivity index (χ2n) is 4.63. The zero-order valence-corrected chi connectivity index (χ0v) is 11.9. The molecule has 2 rings (SSSR count). The van der Waals surface area contributed by atoms with Crippen molar-refractivity contribution in [3.05, 3.63) is 27.8 Å². The van der Waals surface area contributed by atoms with Crippen LogP contribution in [0.3, 0.4) is 0 Å². The summed E-state index contributed by atoms with van der Waals surface area (Å²) in [6.07, 6.45) is 0. The van der Waals surface area contributed by atoms with E-state index in [1.807, 2.05) is 20.8 Å². The molecule has 0 aliphatic carbocycles. The lowest BCUT2D eigenvalue weighted by Gasteiger charge is -2.08. The Morgan fingerprint density at radius 1 is 1.33 bits per heavy atom. The molecule has 0 saturated heterocycles. The molecule has 0 unspecified atom stereocenters. The summed E-state index contributed by atoms with van der Waals surface area (Å²) in [5.41, 5.74) is 1.06. The first kappa shape index (κ1) is 13.2. The first-order chi connectivity index (χ1) is 8.56. The second-order valence-corrected chi connectivity index (χ2v) is 5.52. The zero-order chi connectivity index (χ0) is 13.1. The number of nitrogens with zero attached hydrogens (tertiary/aromatic N) is 3. The molecule has 0 aliphatic heterocycles. The van der Waals surface area contributed by atoms with Crippen LogP contribution in [0.15, 0.2) is 9.90 Å². The Balaban J connectivity index is 1.90. The van der Waals surface area contributed by atoms with Crippen LogP contribution in [-0.2, 0) is 6.54 Å². The average molecular weight is 266 g/mol. The largest absolute Gasteiger partial charge is 0.339 e. The van der Waals surface area contributed by atoms with Crippen LogP contribution in [-0.4, -0.2) is 15.1 Å². The molecule has 0 amide bonds. The van der Waals surface area contributed by atoms with Crippen LogP contribution in [0, 0.1) is 6.92 Å². The third kappa shape index (κ3) is 3.14. The SMILES string of the molecule is Cc1csc([C@H](C)NCc2noc(C(C)C)n2)n1. The highest BCUT2D eigenvalue weighted by molar-refractivity contribution is 7.09. The molecule has 2 aromatic rings. The lowest BCUT2D eigenvalue weighted by molar-refractivity contribution is 0.358. The van der Waals surface area contributed by atoms with E-state index in [0.717, 1.165) is 10.7 Å². The summed E-state index contributed by atoms with van der Waals surface area (Å²) >= 11 is 1.67. The molecule has 2 heterocycles. The highest BCUT2D eigenvalue weighted by Gasteiger charge is 2.12. The molecule has 0 bridgehead atoms. The van der Waals surface area contributed by atoms with Crippen molar-refractivity contribution < 1.29 is 4.52 Å². The number of nitrogens with one attached hydrogen (secondary N) is 1. The monoisotopic (exact) mass is 266 g/mol. The van der Waals surface area contributed by atoms with Crippen LogP contribution in [0.25, 0.3) is 0 Å². The Morgan fingerprint density at radius 2 is 2.11 bits per heavy atom. The standard InChI is InChI=1S/C12H18N4OS/c1-7(2)11-15-10(16-17-11)5-13-9(4)12-14-8(3)6-18-12/h6-7,9,13H,5H2,1-4H3/t9-/m0/s1. The molecular formula is C12H18N4OS. The van der Waals surface area contributed by atoms with Gasteiger partial charge in [0.15, 0.2) is 5.82 Å².